The lowest BCUT2D eigenvalue weighted by Crippen LogP contribution is -2.45. The van der Waals surface area contributed by atoms with Crippen LogP contribution in [0, 0.1) is 19.3 Å². The van der Waals surface area contributed by atoms with E-state index in [0.717, 1.165) is 11.3 Å². The fraction of sp³-hybridized carbons (Fsp3) is 0.444. The standard InChI is InChI=1S/C36H45N5O7/c1-10-19-41(21-24-11-16-28-27(20-24)33(45)38-23(2)37-28)26-14-12-25(13-15-26)32(44)39-29(34(46)48-36(6,7)8)17-18-30(42)40(9)22-31(43)47-35(3,4)5/h1,11-16,20,29H,17-19,21-22H2,2-9H3,(H,39,44)(H,37,38,45)/t29-/m0/s1. The molecule has 0 saturated heterocycles. The molecule has 12 nitrogen and oxygen atoms in total. The summed E-state index contributed by atoms with van der Waals surface area (Å²) in [5.74, 6) is 1.01. The van der Waals surface area contributed by atoms with Gasteiger partial charge < -0.3 is 29.6 Å². The summed E-state index contributed by atoms with van der Waals surface area (Å²) in [4.78, 5) is 74.0. The van der Waals surface area contributed by atoms with Crippen LogP contribution >= 0.6 is 0 Å². The van der Waals surface area contributed by atoms with E-state index in [4.69, 9.17) is 15.9 Å². The lowest BCUT2D eigenvalue weighted by atomic mass is 10.1. The van der Waals surface area contributed by atoms with Gasteiger partial charge in [0.15, 0.2) is 0 Å². The Morgan fingerprint density at radius 3 is 2.25 bits per heavy atom. The van der Waals surface area contributed by atoms with Gasteiger partial charge in [-0.05, 0) is 96.8 Å². The third kappa shape index (κ3) is 11.3. The minimum absolute atomic E-state index is 0.0458. The van der Waals surface area contributed by atoms with E-state index in [-0.39, 0.29) is 37.1 Å². The second kappa shape index (κ2) is 15.6. The van der Waals surface area contributed by atoms with E-state index in [1.165, 1.54) is 11.9 Å². The summed E-state index contributed by atoms with van der Waals surface area (Å²) in [5.41, 5.74) is 0.723. The molecule has 2 aromatic carbocycles. The maximum absolute atomic E-state index is 13.3. The number of hydrogen-bond donors (Lipinski definition) is 2. The Kier molecular flexibility index (Phi) is 12.1. The monoisotopic (exact) mass is 659 g/mol. The molecule has 1 heterocycles. The Balaban J connectivity index is 1.72. The Hall–Kier alpha value is -5.18. The van der Waals surface area contributed by atoms with Crippen molar-refractivity contribution in [1.29, 1.82) is 0 Å². The van der Waals surface area contributed by atoms with Gasteiger partial charge in [-0.25, -0.2) is 9.78 Å². The molecule has 0 fully saturated rings. The summed E-state index contributed by atoms with van der Waals surface area (Å²) in [6.07, 6.45) is 5.49. The molecule has 2 amide bonds. The molecule has 0 bridgehead atoms. The van der Waals surface area contributed by atoms with Crippen LogP contribution in [0.5, 0.6) is 0 Å². The number of esters is 2. The maximum Gasteiger partial charge on any atom is 0.329 e. The normalized spacial score (nSPS) is 12.1. The Morgan fingerprint density at radius 1 is 1.00 bits per heavy atom. The number of amides is 2. The van der Waals surface area contributed by atoms with Crippen LogP contribution in [0.2, 0.25) is 0 Å². The minimum Gasteiger partial charge on any atom is -0.459 e. The molecule has 0 spiro atoms. The lowest BCUT2D eigenvalue weighted by molar-refractivity contribution is -0.159. The van der Waals surface area contributed by atoms with Crippen LogP contribution in [0.1, 0.15) is 76.1 Å². The molecule has 3 aromatic rings. The molecule has 0 aliphatic rings. The Bertz CT molecular complexity index is 1740. The topological polar surface area (TPSA) is 151 Å². The predicted octanol–water partition coefficient (Wildman–Crippen LogP) is 3.89. The number of carbonyl (C=O) groups excluding carboxylic acids is 4. The highest BCUT2D eigenvalue weighted by Gasteiger charge is 2.29. The first-order chi connectivity index (χ1) is 22.3. The van der Waals surface area contributed by atoms with Gasteiger partial charge in [0.2, 0.25) is 5.91 Å². The maximum atomic E-state index is 13.3. The molecule has 256 valence electrons. The number of ether oxygens (including phenoxy) is 2. The number of nitrogens with one attached hydrogen (secondary N) is 2. The highest BCUT2D eigenvalue weighted by atomic mass is 16.6. The van der Waals surface area contributed by atoms with Crippen LogP contribution in [-0.2, 0) is 30.4 Å². The number of fused-ring (bicyclic) bond motifs is 1. The molecule has 12 heteroatoms. The summed E-state index contributed by atoms with van der Waals surface area (Å²) in [5, 5.41) is 3.18. The molecule has 0 aliphatic carbocycles. The first-order valence-corrected chi connectivity index (χ1v) is 15.6. The van der Waals surface area contributed by atoms with Gasteiger partial charge in [-0.15, -0.1) is 6.42 Å². The van der Waals surface area contributed by atoms with Crippen LogP contribution in [0.25, 0.3) is 10.9 Å². The molecule has 0 unspecified atom stereocenters. The third-order valence-electron chi connectivity index (χ3n) is 6.89. The number of anilines is 1. The number of nitrogens with zero attached hydrogens (tertiary/aromatic N) is 3. The van der Waals surface area contributed by atoms with Crippen molar-refractivity contribution in [1.82, 2.24) is 20.2 Å². The summed E-state index contributed by atoms with van der Waals surface area (Å²) >= 11 is 0. The number of benzene rings is 2. The van der Waals surface area contributed by atoms with Gasteiger partial charge in [-0.3, -0.25) is 19.2 Å². The first kappa shape index (κ1) is 37.3. The average molecular weight is 660 g/mol. The number of likely N-dealkylation sites (N-methyl/N-ethyl adjacent to an activating group) is 1. The highest BCUT2D eigenvalue weighted by Crippen LogP contribution is 2.20. The van der Waals surface area contributed by atoms with Gasteiger partial charge in [-0.1, -0.05) is 12.0 Å². The summed E-state index contributed by atoms with van der Waals surface area (Å²) in [6, 6.07) is 11.0. The zero-order valence-corrected chi connectivity index (χ0v) is 28.9. The van der Waals surface area contributed by atoms with Gasteiger partial charge in [0.1, 0.15) is 29.6 Å². The van der Waals surface area contributed by atoms with Crippen LogP contribution in [0.15, 0.2) is 47.3 Å². The second-order valence-corrected chi connectivity index (χ2v) is 13.5. The average Bonchev–Trinajstić information content (AvgIpc) is 2.97. The summed E-state index contributed by atoms with van der Waals surface area (Å²) in [6.45, 7) is 12.5. The number of H-pyrrole nitrogens is 1. The van der Waals surface area contributed by atoms with E-state index in [2.05, 4.69) is 21.2 Å². The molecule has 0 radical (unpaired) electrons. The van der Waals surface area contributed by atoms with Crippen molar-refractivity contribution in [3.05, 3.63) is 69.8 Å². The lowest BCUT2D eigenvalue weighted by Gasteiger charge is -2.26. The molecule has 2 N–H and O–H groups in total. The Labute approximate surface area is 281 Å². The summed E-state index contributed by atoms with van der Waals surface area (Å²) < 4.78 is 10.8. The van der Waals surface area contributed by atoms with Crippen LogP contribution in [-0.4, -0.2) is 76.0 Å². The zero-order chi connectivity index (χ0) is 35.8. The largest absolute Gasteiger partial charge is 0.459 e. The van der Waals surface area contributed by atoms with E-state index in [1.807, 2.05) is 11.0 Å². The van der Waals surface area contributed by atoms with E-state index in [0.29, 0.717) is 23.3 Å². The number of aromatic nitrogens is 2. The molecular weight excluding hydrogens is 614 g/mol. The minimum atomic E-state index is -1.12. The van der Waals surface area contributed by atoms with Crippen molar-refractivity contribution in [3.8, 4) is 12.3 Å². The van der Waals surface area contributed by atoms with Gasteiger partial charge in [0, 0.05) is 31.3 Å². The van der Waals surface area contributed by atoms with E-state index in [1.54, 1.807) is 84.9 Å². The van der Waals surface area contributed by atoms with Crippen LogP contribution in [0.4, 0.5) is 5.69 Å². The predicted molar refractivity (Wildman–Crippen MR) is 183 cm³/mol. The van der Waals surface area contributed by atoms with Crippen molar-refractivity contribution >= 4 is 40.3 Å². The van der Waals surface area contributed by atoms with Gasteiger partial charge in [-0.2, -0.15) is 0 Å². The molecule has 0 aliphatic heterocycles. The smallest absolute Gasteiger partial charge is 0.329 e. The van der Waals surface area contributed by atoms with Crippen molar-refractivity contribution < 1.29 is 28.7 Å². The number of aromatic amines is 1. The van der Waals surface area contributed by atoms with Gasteiger partial charge >= 0.3 is 11.9 Å². The fourth-order valence-corrected chi connectivity index (χ4v) is 4.77. The molecule has 48 heavy (non-hydrogen) atoms. The molecule has 3 rings (SSSR count). The van der Waals surface area contributed by atoms with Crippen LogP contribution in [0.3, 0.4) is 0 Å². The van der Waals surface area contributed by atoms with Crippen LogP contribution < -0.4 is 15.8 Å². The zero-order valence-electron chi connectivity index (χ0n) is 28.9. The quantitative estimate of drug-likeness (QED) is 0.218. The van der Waals surface area contributed by atoms with Crippen molar-refractivity contribution in [2.75, 3.05) is 25.0 Å². The highest BCUT2D eigenvalue weighted by molar-refractivity contribution is 5.97. The molecule has 1 aromatic heterocycles. The fourth-order valence-electron chi connectivity index (χ4n) is 4.77. The van der Waals surface area contributed by atoms with Crippen molar-refractivity contribution in [2.45, 2.75) is 85.1 Å². The molecule has 1 atom stereocenters. The second-order valence-electron chi connectivity index (χ2n) is 13.5. The molecular formula is C36H45N5O7. The van der Waals surface area contributed by atoms with Crippen molar-refractivity contribution in [3.63, 3.8) is 0 Å². The molecule has 0 saturated carbocycles. The SMILES string of the molecule is C#CCN(Cc1ccc2nc(C)[nH]c(=O)c2c1)c1ccc(C(=O)N[C@@H](CCC(=O)N(C)CC(=O)OC(C)(C)C)C(=O)OC(C)(C)C)cc1. The number of rotatable bonds is 12. The number of aryl methyl sites for hydroxylation is 1. The van der Waals surface area contributed by atoms with E-state index in [9.17, 15) is 24.0 Å². The third-order valence-corrected chi connectivity index (χ3v) is 6.89. The number of carbonyl (C=O) groups is 4. The van der Waals surface area contributed by atoms with E-state index >= 15 is 0 Å². The summed E-state index contributed by atoms with van der Waals surface area (Å²) in [7, 11) is 1.47. The first-order valence-electron chi connectivity index (χ1n) is 15.6. The van der Waals surface area contributed by atoms with Gasteiger partial charge in [0.05, 0.1) is 17.4 Å². The van der Waals surface area contributed by atoms with E-state index < -0.39 is 41.0 Å². The Morgan fingerprint density at radius 2 is 1.65 bits per heavy atom. The van der Waals surface area contributed by atoms with Gasteiger partial charge in [0.25, 0.3) is 11.5 Å². The number of hydrogen-bond acceptors (Lipinski definition) is 9. The number of terminal acetylenes is 1. The van der Waals surface area contributed by atoms with Crippen molar-refractivity contribution in [2.24, 2.45) is 0 Å².